The van der Waals surface area contributed by atoms with Crippen LogP contribution in [0.3, 0.4) is 0 Å². The Morgan fingerprint density at radius 2 is 1.67 bits per heavy atom. The molecule has 1 fully saturated rings. The largest absolute Gasteiger partial charge is 0.494 e. The van der Waals surface area contributed by atoms with Crippen LogP contribution in [-0.4, -0.2) is 59.9 Å². The number of rotatable bonds is 3. The monoisotopic (exact) mass is 331 g/mol. The van der Waals surface area contributed by atoms with Crippen LogP contribution < -0.4 is 4.74 Å². The molecule has 1 saturated heterocycles. The normalized spacial score (nSPS) is 14.6. The Labute approximate surface area is 138 Å². The first-order chi connectivity index (χ1) is 11.6. The molecule has 0 aliphatic carbocycles. The van der Waals surface area contributed by atoms with Crippen molar-refractivity contribution in [2.75, 3.05) is 33.3 Å². The summed E-state index contributed by atoms with van der Waals surface area (Å²) in [6.45, 7) is 1.74. The van der Waals surface area contributed by atoms with Crippen LogP contribution in [0.25, 0.3) is 0 Å². The number of carbonyl (C=O) groups is 2. The van der Waals surface area contributed by atoms with E-state index in [0.29, 0.717) is 31.7 Å². The van der Waals surface area contributed by atoms with E-state index in [0.717, 1.165) is 0 Å². The fourth-order valence-corrected chi connectivity index (χ4v) is 2.73. The average Bonchev–Trinajstić information content (AvgIpc) is 3.15. The molecule has 0 spiro atoms. The number of H-pyrrole nitrogens is 1. The number of carbonyl (C=O) groups excluding carboxylic acids is 2. The van der Waals surface area contributed by atoms with Crippen molar-refractivity contribution in [3.63, 3.8) is 0 Å². The minimum Gasteiger partial charge on any atom is -0.494 e. The third-order valence-electron chi connectivity index (χ3n) is 4.10. The maximum Gasteiger partial charge on any atom is 0.255 e. The minimum atomic E-state index is -0.565. The molecular formula is C17H18FN3O3. The van der Waals surface area contributed by atoms with Crippen LogP contribution in [0, 0.1) is 5.82 Å². The molecule has 1 aromatic carbocycles. The van der Waals surface area contributed by atoms with E-state index in [4.69, 9.17) is 4.74 Å². The highest BCUT2D eigenvalue weighted by atomic mass is 19.1. The second-order valence-electron chi connectivity index (χ2n) is 5.53. The number of nitrogens with zero attached hydrogens (tertiary/aromatic N) is 2. The summed E-state index contributed by atoms with van der Waals surface area (Å²) in [7, 11) is 1.38. The molecule has 1 aliphatic rings. The first kappa shape index (κ1) is 16.0. The molecule has 2 amide bonds. The van der Waals surface area contributed by atoms with Gasteiger partial charge in [-0.25, -0.2) is 4.39 Å². The molecule has 0 saturated carbocycles. The first-order valence-corrected chi connectivity index (χ1v) is 7.65. The van der Waals surface area contributed by atoms with Crippen LogP contribution >= 0.6 is 0 Å². The number of halogens is 1. The number of methoxy groups -OCH3 is 1. The lowest BCUT2D eigenvalue weighted by molar-refractivity contribution is 0.0535. The lowest BCUT2D eigenvalue weighted by atomic mass is 10.1. The highest BCUT2D eigenvalue weighted by molar-refractivity contribution is 5.96. The standard InChI is InChI=1S/C17H18FN3O3/c1-24-15-3-2-12(10-14(15)18)16(22)20-6-8-21(9-7-20)17(23)13-4-5-19-11-13/h2-5,10-11,19H,6-9H2,1H3. The molecule has 2 aromatic rings. The van der Waals surface area contributed by atoms with Gasteiger partial charge in [0.1, 0.15) is 0 Å². The first-order valence-electron chi connectivity index (χ1n) is 7.65. The van der Waals surface area contributed by atoms with Gasteiger partial charge in [0, 0.05) is 44.1 Å². The predicted octanol–water partition coefficient (Wildman–Crippen LogP) is 1.76. The molecule has 1 aromatic heterocycles. The highest BCUT2D eigenvalue weighted by Crippen LogP contribution is 2.19. The van der Waals surface area contributed by atoms with Crippen LogP contribution in [0.1, 0.15) is 20.7 Å². The van der Waals surface area contributed by atoms with Gasteiger partial charge in [-0.3, -0.25) is 9.59 Å². The van der Waals surface area contributed by atoms with Crippen LogP contribution in [0.2, 0.25) is 0 Å². The summed E-state index contributed by atoms with van der Waals surface area (Å²) >= 11 is 0. The number of aromatic amines is 1. The molecule has 3 rings (SSSR count). The fourth-order valence-electron chi connectivity index (χ4n) is 2.73. The molecule has 0 atom stereocenters. The van der Waals surface area contributed by atoms with Gasteiger partial charge < -0.3 is 19.5 Å². The number of ether oxygens (including phenoxy) is 1. The summed E-state index contributed by atoms with van der Waals surface area (Å²) in [4.78, 5) is 30.9. The summed E-state index contributed by atoms with van der Waals surface area (Å²) in [6.07, 6.45) is 3.35. The van der Waals surface area contributed by atoms with Crippen molar-refractivity contribution in [3.05, 3.63) is 53.6 Å². The molecule has 2 heterocycles. The SMILES string of the molecule is COc1ccc(C(=O)N2CCN(C(=O)c3cc[nH]c3)CC2)cc1F. The fraction of sp³-hybridized carbons (Fsp3) is 0.294. The number of piperazine rings is 1. The van der Waals surface area contributed by atoms with Gasteiger partial charge in [0.05, 0.1) is 12.7 Å². The van der Waals surface area contributed by atoms with E-state index < -0.39 is 5.82 Å². The Bertz CT molecular complexity index is 738. The number of aromatic nitrogens is 1. The number of hydrogen-bond acceptors (Lipinski definition) is 3. The molecule has 126 valence electrons. The van der Waals surface area contributed by atoms with Gasteiger partial charge in [0.2, 0.25) is 0 Å². The van der Waals surface area contributed by atoms with Gasteiger partial charge in [0.25, 0.3) is 11.8 Å². The average molecular weight is 331 g/mol. The topological polar surface area (TPSA) is 65.6 Å². The molecule has 0 radical (unpaired) electrons. The van der Waals surface area contributed by atoms with Crippen molar-refractivity contribution in [3.8, 4) is 5.75 Å². The van der Waals surface area contributed by atoms with Crippen molar-refractivity contribution >= 4 is 11.8 Å². The third kappa shape index (κ3) is 3.10. The highest BCUT2D eigenvalue weighted by Gasteiger charge is 2.26. The Hall–Kier alpha value is -2.83. The Morgan fingerprint density at radius 1 is 1.04 bits per heavy atom. The number of hydrogen-bond donors (Lipinski definition) is 1. The molecule has 0 bridgehead atoms. The molecule has 1 aliphatic heterocycles. The zero-order valence-corrected chi connectivity index (χ0v) is 13.3. The molecule has 7 heteroatoms. The number of amides is 2. The van der Waals surface area contributed by atoms with Crippen LogP contribution in [0.5, 0.6) is 5.75 Å². The zero-order chi connectivity index (χ0) is 17.1. The van der Waals surface area contributed by atoms with Gasteiger partial charge in [-0.1, -0.05) is 0 Å². The van der Waals surface area contributed by atoms with Crippen molar-refractivity contribution in [2.24, 2.45) is 0 Å². The number of benzene rings is 1. The zero-order valence-electron chi connectivity index (χ0n) is 13.3. The van der Waals surface area contributed by atoms with Crippen molar-refractivity contribution in [1.82, 2.24) is 14.8 Å². The summed E-state index contributed by atoms with van der Waals surface area (Å²) < 4.78 is 18.6. The van der Waals surface area contributed by atoms with E-state index in [1.54, 1.807) is 34.3 Å². The lowest BCUT2D eigenvalue weighted by Crippen LogP contribution is -2.50. The Morgan fingerprint density at radius 3 is 2.17 bits per heavy atom. The molecule has 0 unspecified atom stereocenters. The van der Waals surface area contributed by atoms with E-state index in [9.17, 15) is 14.0 Å². The second kappa shape index (κ2) is 6.74. The van der Waals surface area contributed by atoms with Crippen LogP contribution in [0.4, 0.5) is 4.39 Å². The van der Waals surface area contributed by atoms with Crippen LogP contribution in [-0.2, 0) is 0 Å². The van der Waals surface area contributed by atoms with E-state index in [1.165, 1.54) is 19.2 Å². The molecule has 1 N–H and O–H groups in total. The smallest absolute Gasteiger partial charge is 0.255 e. The van der Waals surface area contributed by atoms with Crippen molar-refractivity contribution < 1.29 is 18.7 Å². The Balaban J connectivity index is 1.63. The van der Waals surface area contributed by atoms with Gasteiger partial charge in [-0.15, -0.1) is 0 Å². The summed E-state index contributed by atoms with van der Waals surface area (Å²) in [5, 5.41) is 0. The van der Waals surface area contributed by atoms with Crippen LogP contribution in [0.15, 0.2) is 36.7 Å². The van der Waals surface area contributed by atoms with Crippen molar-refractivity contribution in [2.45, 2.75) is 0 Å². The van der Waals surface area contributed by atoms with Gasteiger partial charge in [-0.05, 0) is 24.3 Å². The Kier molecular flexibility index (Phi) is 4.50. The van der Waals surface area contributed by atoms with Gasteiger partial charge in [0.15, 0.2) is 11.6 Å². The molecule has 6 nitrogen and oxygen atoms in total. The third-order valence-corrected chi connectivity index (χ3v) is 4.10. The lowest BCUT2D eigenvalue weighted by Gasteiger charge is -2.34. The maximum absolute atomic E-state index is 13.8. The van der Waals surface area contributed by atoms with Crippen molar-refractivity contribution in [1.29, 1.82) is 0 Å². The van der Waals surface area contributed by atoms with E-state index in [2.05, 4.69) is 4.98 Å². The molecular weight excluding hydrogens is 313 g/mol. The quantitative estimate of drug-likeness (QED) is 0.932. The van der Waals surface area contributed by atoms with E-state index in [-0.39, 0.29) is 23.1 Å². The summed E-state index contributed by atoms with van der Waals surface area (Å²) in [6, 6.07) is 5.88. The minimum absolute atomic E-state index is 0.0566. The van der Waals surface area contributed by atoms with E-state index in [1.807, 2.05) is 0 Å². The van der Waals surface area contributed by atoms with Gasteiger partial charge in [-0.2, -0.15) is 0 Å². The summed E-state index contributed by atoms with van der Waals surface area (Å²) in [5.74, 6) is -0.762. The molecule has 24 heavy (non-hydrogen) atoms. The predicted molar refractivity (Wildman–Crippen MR) is 85.6 cm³/mol. The second-order valence-corrected chi connectivity index (χ2v) is 5.53. The number of nitrogens with one attached hydrogen (secondary N) is 1. The summed E-state index contributed by atoms with van der Waals surface area (Å²) in [5.41, 5.74) is 0.880. The maximum atomic E-state index is 13.8. The van der Waals surface area contributed by atoms with Gasteiger partial charge >= 0.3 is 0 Å². The van der Waals surface area contributed by atoms with E-state index >= 15 is 0 Å².